The molecular weight excluding hydrogens is 238 g/mol. The molecule has 0 radical (unpaired) electrons. The van der Waals surface area contributed by atoms with Crippen molar-refractivity contribution in [3.05, 3.63) is 11.8 Å². The Hall–Kier alpha value is -1.50. The van der Waals surface area contributed by atoms with Crippen LogP contribution in [-0.2, 0) is 4.79 Å². The largest absolute Gasteiger partial charge is 0.390 e. The van der Waals surface area contributed by atoms with Gasteiger partial charge in [-0.1, -0.05) is 20.8 Å². The molecule has 19 heavy (non-hydrogen) atoms. The van der Waals surface area contributed by atoms with Gasteiger partial charge in [0.25, 0.3) is 5.91 Å². The van der Waals surface area contributed by atoms with Crippen LogP contribution in [0.15, 0.2) is 11.8 Å². The van der Waals surface area contributed by atoms with Gasteiger partial charge in [0, 0.05) is 25.8 Å². The summed E-state index contributed by atoms with van der Waals surface area (Å²) in [6, 6.07) is 2.01. The number of carbonyl (C=O) groups excluding carboxylic acids is 1. The van der Waals surface area contributed by atoms with Gasteiger partial charge >= 0.3 is 0 Å². The first-order valence-electron chi connectivity index (χ1n) is 7.17. The van der Waals surface area contributed by atoms with E-state index in [9.17, 15) is 4.79 Å². The predicted molar refractivity (Wildman–Crippen MR) is 76.1 cm³/mol. The van der Waals surface area contributed by atoms with Gasteiger partial charge in [0.2, 0.25) is 0 Å². The number of nitriles is 1. The lowest BCUT2D eigenvalue weighted by Crippen LogP contribution is -2.38. The summed E-state index contributed by atoms with van der Waals surface area (Å²) in [5.74, 6) is 1.17. The van der Waals surface area contributed by atoms with Gasteiger partial charge in [-0.05, 0) is 31.1 Å². The van der Waals surface area contributed by atoms with Crippen LogP contribution in [0.3, 0.4) is 0 Å². The quantitative estimate of drug-likeness (QED) is 0.470. The molecule has 0 unspecified atom stereocenters. The first-order valence-corrected chi connectivity index (χ1v) is 7.17. The minimum Gasteiger partial charge on any atom is -0.390 e. The Bertz CT molecular complexity index is 360. The van der Waals surface area contributed by atoms with E-state index in [0.717, 1.165) is 38.9 Å². The number of rotatable bonds is 5. The van der Waals surface area contributed by atoms with Crippen molar-refractivity contribution in [3.63, 3.8) is 0 Å². The SMILES string of the molecule is CC(C)CCN/C=C(/C#N)C(=O)N1CCC(C)CC1. The molecule has 0 saturated carbocycles. The molecule has 1 aliphatic rings. The third-order valence-electron chi connectivity index (χ3n) is 3.53. The van der Waals surface area contributed by atoms with Crippen LogP contribution in [0.1, 0.15) is 40.0 Å². The van der Waals surface area contributed by atoms with Crippen LogP contribution in [-0.4, -0.2) is 30.4 Å². The van der Waals surface area contributed by atoms with Gasteiger partial charge in [0.05, 0.1) is 0 Å². The first-order chi connectivity index (χ1) is 9.04. The monoisotopic (exact) mass is 263 g/mol. The zero-order chi connectivity index (χ0) is 14.3. The Morgan fingerprint density at radius 3 is 2.63 bits per heavy atom. The molecule has 1 aliphatic heterocycles. The highest BCUT2D eigenvalue weighted by Gasteiger charge is 2.22. The van der Waals surface area contributed by atoms with Gasteiger partial charge < -0.3 is 10.2 Å². The Labute approximate surface area is 116 Å². The predicted octanol–water partition coefficient (Wildman–Crippen LogP) is 2.29. The lowest BCUT2D eigenvalue weighted by atomic mass is 9.99. The second-order valence-electron chi connectivity index (χ2n) is 5.78. The zero-order valence-electron chi connectivity index (χ0n) is 12.3. The molecule has 1 fully saturated rings. The summed E-state index contributed by atoms with van der Waals surface area (Å²) in [5, 5.41) is 12.1. The van der Waals surface area contributed by atoms with E-state index in [4.69, 9.17) is 5.26 Å². The fourth-order valence-corrected chi connectivity index (χ4v) is 2.07. The van der Waals surface area contributed by atoms with E-state index in [2.05, 4.69) is 26.1 Å². The molecule has 0 aliphatic carbocycles. The Kier molecular flexibility index (Phi) is 6.41. The fraction of sp³-hybridized carbons (Fsp3) is 0.733. The highest BCUT2D eigenvalue weighted by Crippen LogP contribution is 2.17. The Balaban J connectivity index is 2.47. The van der Waals surface area contributed by atoms with Crippen LogP contribution < -0.4 is 5.32 Å². The molecule has 0 atom stereocenters. The summed E-state index contributed by atoms with van der Waals surface area (Å²) < 4.78 is 0. The lowest BCUT2D eigenvalue weighted by Gasteiger charge is -2.30. The normalized spacial score (nSPS) is 17.4. The summed E-state index contributed by atoms with van der Waals surface area (Å²) in [4.78, 5) is 14.0. The summed E-state index contributed by atoms with van der Waals surface area (Å²) in [5.41, 5.74) is 0.221. The molecule has 1 amide bonds. The highest BCUT2D eigenvalue weighted by atomic mass is 16.2. The van der Waals surface area contributed by atoms with Gasteiger partial charge in [0.1, 0.15) is 11.6 Å². The van der Waals surface area contributed by atoms with Crippen molar-refractivity contribution in [3.8, 4) is 6.07 Å². The maximum absolute atomic E-state index is 12.2. The van der Waals surface area contributed by atoms with Crippen molar-refractivity contribution in [2.45, 2.75) is 40.0 Å². The maximum Gasteiger partial charge on any atom is 0.265 e. The summed E-state index contributed by atoms with van der Waals surface area (Å²) in [7, 11) is 0. The maximum atomic E-state index is 12.2. The molecule has 0 aromatic carbocycles. The first kappa shape index (κ1) is 15.6. The second-order valence-corrected chi connectivity index (χ2v) is 5.78. The molecule has 1 saturated heterocycles. The average Bonchev–Trinajstić information content (AvgIpc) is 2.39. The zero-order valence-corrected chi connectivity index (χ0v) is 12.3. The van der Waals surface area contributed by atoms with Crippen molar-refractivity contribution in [2.75, 3.05) is 19.6 Å². The molecular formula is C15H25N3O. The number of amides is 1. The van der Waals surface area contributed by atoms with Crippen molar-refractivity contribution in [1.82, 2.24) is 10.2 Å². The molecule has 0 spiro atoms. The average molecular weight is 263 g/mol. The molecule has 1 heterocycles. The van der Waals surface area contributed by atoms with Crippen LogP contribution in [0.25, 0.3) is 0 Å². The van der Waals surface area contributed by atoms with Crippen LogP contribution in [0.5, 0.6) is 0 Å². The third-order valence-corrected chi connectivity index (χ3v) is 3.53. The number of hydrogen-bond donors (Lipinski definition) is 1. The van der Waals surface area contributed by atoms with E-state index in [1.165, 1.54) is 0 Å². The Morgan fingerprint density at radius 1 is 1.47 bits per heavy atom. The van der Waals surface area contributed by atoms with Crippen LogP contribution in [0.4, 0.5) is 0 Å². The van der Waals surface area contributed by atoms with Crippen LogP contribution >= 0.6 is 0 Å². The van der Waals surface area contributed by atoms with E-state index >= 15 is 0 Å². The minimum atomic E-state index is -0.133. The van der Waals surface area contributed by atoms with Crippen LogP contribution in [0, 0.1) is 23.2 Å². The van der Waals surface area contributed by atoms with Crippen molar-refractivity contribution in [1.29, 1.82) is 5.26 Å². The molecule has 4 heteroatoms. The van der Waals surface area contributed by atoms with Gasteiger partial charge in [0.15, 0.2) is 0 Å². The van der Waals surface area contributed by atoms with Crippen LogP contribution in [0.2, 0.25) is 0 Å². The van der Waals surface area contributed by atoms with E-state index < -0.39 is 0 Å². The van der Waals surface area contributed by atoms with Gasteiger partial charge in [-0.2, -0.15) is 5.26 Å². The molecule has 0 aromatic rings. The number of likely N-dealkylation sites (tertiary alicyclic amines) is 1. The second kappa shape index (κ2) is 7.83. The number of nitrogens with zero attached hydrogens (tertiary/aromatic N) is 2. The number of piperidine rings is 1. The molecule has 1 rings (SSSR count). The number of hydrogen-bond acceptors (Lipinski definition) is 3. The molecule has 4 nitrogen and oxygen atoms in total. The lowest BCUT2D eigenvalue weighted by molar-refractivity contribution is -0.128. The summed E-state index contributed by atoms with van der Waals surface area (Å²) in [6.45, 7) is 8.84. The smallest absolute Gasteiger partial charge is 0.265 e. The molecule has 1 N–H and O–H groups in total. The number of nitrogens with one attached hydrogen (secondary N) is 1. The van der Waals surface area contributed by atoms with Crippen molar-refractivity contribution >= 4 is 5.91 Å². The number of carbonyl (C=O) groups is 1. The summed E-state index contributed by atoms with van der Waals surface area (Å²) >= 11 is 0. The fourth-order valence-electron chi connectivity index (χ4n) is 2.07. The van der Waals surface area contributed by atoms with E-state index in [0.29, 0.717) is 11.8 Å². The van der Waals surface area contributed by atoms with Gasteiger partial charge in [-0.15, -0.1) is 0 Å². The van der Waals surface area contributed by atoms with Crippen molar-refractivity contribution in [2.24, 2.45) is 11.8 Å². The standard InChI is InChI=1S/C15H25N3O/c1-12(2)4-7-17-11-14(10-16)15(19)18-8-5-13(3)6-9-18/h11-13,17H,4-9H2,1-3H3/b14-11-. The third kappa shape index (κ3) is 5.34. The molecule has 0 bridgehead atoms. The minimum absolute atomic E-state index is 0.133. The Morgan fingerprint density at radius 2 is 2.11 bits per heavy atom. The molecule has 0 aromatic heterocycles. The van der Waals surface area contributed by atoms with Crippen molar-refractivity contribution < 1.29 is 4.79 Å². The van der Waals surface area contributed by atoms with E-state index in [1.807, 2.05) is 6.07 Å². The van der Waals surface area contributed by atoms with E-state index in [1.54, 1.807) is 11.1 Å². The van der Waals surface area contributed by atoms with E-state index in [-0.39, 0.29) is 11.5 Å². The molecule has 106 valence electrons. The highest BCUT2D eigenvalue weighted by molar-refractivity contribution is 5.97. The van der Waals surface area contributed by atoms with Gasteiger partial charge in [-0.3, -0.25) is 4.79 Å². The summed E-state index contributed by atoms with van der Waals surface area (Å²) in [6.07, 6.45) is 4.67. The van der Waals surface area contributed by atoms with Gasteiger partial charge in [-0.25, -0.2) is 0 Å². The topological polar surface area (TPSA) is 56.1 Å².